The molecule has 0 aromatic carbocycles. The van der Waals surface area contributed by atoms with Crippen molar-refractivity contribution in [3.8, 4) is 12.3 Å². The molecule has 0 aliphatic carbocycles. The fraction of sp³-hybridized carbons (Fsp3) is 0.250. The van der Waals surface area contributed by atoms with E-state index in [2.05, 4.69) is 5.92 Å². The molecular weight excluding hydrogens is 128 g/mol. The van der Waals surface area contributed by atoms with E-state index in [4.69, 9.17) is 10.8 Å². The maximum absolute atomic E-state index is 9.35. The molecule has 0 bridgehead atoms. The Labute approximate surface area is 59.5 Å². The Morgan fingerprint density at radius 2 is 2.50 bits per heavy atom. The van der Waals surface area contributed by atoms with Gasteiger partial charge in [-0.3, -0.25) is 0 Å². The highest BCUT2D eigenvalue weighted by molar-refractivity contribution is 5.19. The van der Waals surface area contributed by atoms with Crippen molar-refractivity contribution in [2.24, 2.45) is 0 Å². The van der Waals surface area contributed by atoms with Gasteiger partial charge in [0.1, 0.15) is 5.76 Å². The third-order valence-electron chi connectivity index (χ3n) is 1.28. The minimum absolute atomic E-state index is 0.398. The average molecular weight is 136 g/mol. The van der Waals surface area contributed by atoms with Crippen LogP contribution in [0.2, 0.25) is 0 Å². The highest BCUT2D eigenvalue weighted by Gasteiger charge is 2.22. The molecule has 1 aromatic rings. The molecular formula is C8H8O2. The van der Waals surface area contributed by atoms with Gasteiger partial charge in [-0.05, 0) is 19.1 Å². The van der Waals surface area contributed by atoms with Gasteiger partial charge in [0.05, 0.1) is 6.26 Å². The van der Waals surface area contributed by atoms with E-state index in [9.17, 15) is 5.11 Å². The lowest BCUT2D eigenvalue weighted by molar-refractivity contribution is 0.0956. The first kappa shape index (κ1) is 6.91. The standard InChI is InChI=1S/C8H8O2/c1-3-8(2,9)7-5-4-6-10-7/h1,4-6,9H,2H3. The zero-order valence-electron chi connectivity index (χ0n) is 5.66. The van der Waals surface area contributed by atoms with Gasteiger partial charge in [-0.15, -0.1) is 6.42 Å². The lowest BCUT2D eigenvalue weighted by atomic mass is 10.1. The average Bonchev–Trinajstić information content (AvgIpc) is 2.38. The summed E-state index contributed by atoms with van der Waals surface area (Å²) in [5.74, 6) is 2.60. The summed E-state index contributed by atoms with van der Waals surface area (Å²) in [6.45, 7) is 1.51. The second kappa shape index (κ2) is 2.20. The number of aliphatic hydroxyl groups is 1. The summed E-state index contributed by atoms with van der Waals surface area (Å²) < 4.78 is 4.90. The predicted molar refractivity (Wildman–Crippen MR) is 37.1 cm³/mol. The van der Waals surface area contributed by atoms with Gasteiger partial charge in [-0.1, -0.05) is 5.92 Å². The molecule has 1 heterocycles. The van der Waals surface area contributed by atoms with Crippen molar-refractivity contribution in [1.82, 2.24) is 0 Å². The van der Waals surface area contributed by atoms with Crippen LogP contribution in [0.1, 0.15) is 12.7 Å². The van der Waals surface area contributed by atoms with E-state index in [-0.39, 0.29) is 0 Å². The van der Waals surface area contributed by atoms with Gasteiger partial charge < -0.3 is 9.52 Å². The van der Waals surface area contributed by atoms with Gasteiger partial charge >= 0.3 is 0 Å². The van der Waals surface area contributed by atoms with Crippen LogP contribution in [-0.4, -0.2) is 5.11 Å². The summed E-state index contributed by atoms with van der Waals surface area (Å²) in [7, 11) is 0. The summed E-state index contributed by atoms with van der Waals surface area (Å²) in [4.78, 5) is 0. The lowest BCUT2D eigenvalue weighted by Gasteiger charge is -2.11. The third kappa shape index (κ3) is 1.04. The Morgan fingerprint density at radius 3 is 2.90 bits per heavy atom. The topological polar surface area (TPSA) is 33.4 Å². The van der Waals surface area contributed by atoms with E-state index in [1.807, 2.05) is 0 Å². The van der Waals surface area contributed by atoms with Crippen LogP contribution in [0.15, 0.2) is 22.8 Å². The Bertz CT molecular complexity index is 239. The monoisotopic (exact) mass is 136 g/mol. The highest BCUT2D eigenvalue weighted by Crippen LogP contribution is 2.18. The molecule has 0 radical (unpaired) electrons. The molecule has 1 unspecified atom stereocenters. The van der Waals surface area contributed by atoms with Gasteiger partial charge in [0.15, 0.2) is 5.60 Å². The van der Waals surface area contributed by atoms with Crippen LogP contribution in [0, 0.1) is 12.3 Å². The Hall–Kier alpha value is -1.20. The first-order chi connectivity index (χ1) is 4.67. The highest BCUT2D eigenvalue weighted by atomic mass is 16.4. The summed E-state index contributed by atoms with van der Waals surface area (Å²) >= 11 is 0. The fourth-order valence-corrected chi connectivity index (χ4v) is 0.627. The van der Waals surface area contributed by atoms with Gasteiger partial charge in [-0.2, -0.15) is 0 Å². The molecule has 0 saturated carbocycles. The lowest BCUT2D eigenvalue weighted by Crippen LogP contribution is -2.16. The number of terminal acetylenes is 1. The number of hydrogen-bond donors (Lipinski definition) is 1. The molecule has 0 spiro atoms. The van der Waals surface area contributed by atoms with Gasteiger partial charge in [0.2, 0.25) is 0 Å². The first-order valence-electron chi connectivity index (χ1n) is 2.91. The molecule has 1 N–H and O–H groups in total. The normalized spacial score (nSPS) is 15.7. The zero-order chi connectivity index (χ0) is 7.61. The van der Waals surface area contributed by atoms with Crippen LogP contribution in [0.4, 0.5) is 0 Å². The second-order valence-electron chi connectivity index (χ2n) is 2.19. The summed E-state index contributed by atoms with van der Waals surface area (Å²) in [5.41, 5.74) is -1.27. The molecule has 0 aliphatic rings. The predicted octanol–water partition coefficient (Wildman–Crippen LogP) is 1.12. The Morgan fingerprint density at radius 1 is 1.80 bits per heavy atom. The van der Waals surface area contributed by atoms with Crippen LogP contribution in [0.5, 0.6) is 0 Å². The van der Waals surface area contributed by atoms with Crippen LogP contribution in [0.3, 0.4) is 0 Å². The number of rotatable bonds is 1. The minimum Gasteiger partial charge on any atom is -0.465 e. The maximum Gasteiger partial charge on any atom is 0.180 e. The molecule has 52 valence electrons. The molecule has 2 nitrogen and oxygen atoms in total. The van der Waals surface area contributed by atoms with Crippen LogP contribution in [-0.2, 0) is 5.60 Å². The zero-order valence-corrected chi connectivity index (χ0v) is 5.66. The van der Waals surface area contributed by atoms with Crippen LogP contribution < -0.4 is 0 Å². The van der Waals surface area contributed by atoms with E-state index in [1.165, 1.54) is 13.2 Å². The van der Waals surface area contributed by atoms with Crippen molar-refractivity contribution in [3.05, 3.63) is 24.2 Å². The van der Waals surface area contributed by atoms with E-state index >= 15 is 0 Å². The SMILES string of the molecule is C#CC(C)(O)c1ccco1. The van der Waals surface area contributed by atoms with Gasteiger partial charge in [0.25, 0.3) is 0 Å². The molecule has 0 amide bonds. The van der Waals surface area contributed by atoms with E-state index in [0.29, 0.717) is 5.76 Å². The summed E-state index contributed by atoms with van der Waals surface area (Å²) in [6, 6.07) is 3.32. The smallest absolute Gasteiger partial charge is 0.180 e. The molecule has 1 rings (SSSR count). The molecule has 2 heteroatoms. The Kier molecular flexibility index (Phi) is 1.52. The van der Waals surface area contributed by atoms with Gasteiger partial charge in [-0.25, -0.2) is 0 Å². The van der Waals surface area contributed by atoms with Crippen molar-refractivity contribution in [2.75, 3.05) is 0 Å². The Balaban J connectivity index is 2.99. The fourth-order valence-electron chi connectivity index (χ4n) is 0.627. The van der Waals surface area contributed by atoms with Crippen molar-refractivity contribution >= 4 is 0 Å². The van der Waals surface area contributed by atoms with E-state index in [0.717, 1.165) is 0 Å². The minimum atomic E-state index is -1.27. The second-order valence-corrected chi connectivity index (χ2v) is 2.19. The molecule has 0 fully saturated rings. The van der Waals surface area contributed by atoms with Crippen molar-refractivity contribution in [2.45, 2.75) is 12.5 Å². The first-order valence-corrected chi connectivity index (χ1v) is 2.91. The van der Waals surface area contributed by atoms with Crippen molar-refractivity contribution in [3.63, 3.8) is 0 Å². The summed E-state index contributed by atoms with van der Waals surface area (Å²) in [6.07, 6.45) is 6.51. The van der Waals surface area contributed by atoms with E-state index < -0.39 is 5.60 Å². The molecule has 0 saturated heterocycles. The molecule has 1 aromatic heterocycles. The van der Waals surface area contributed by atoms with Crippen molar-refractivity contribution < 1.29 is 9.52 Å². The van der Waals surface area contributed by atoms with Crippen LogP contribution in [0.25, 0.3) is 0 Å². The summed E-state index contributed by atoms with van der Waals surface area (Å²) in [5, 5.41) is 9.35. The molecule has 1 atom stereocenters. The maximum atomic E-state index is 9.35. The quantitative estimate of drug-likeness (QED) is 0.587. The third-order valence-corrected chi connectivity index (χ3v) is 1.28. The largest absolute Gasteiger partial charge is 0.465 e. The van der Waals surface area contributed by atoms with Gasteiger partial charge in [0, 0.05) is 0 Å². The van der Waals surface area contributed by atoms with Crippen LogP contribution >= 0.6 is 0 Å². The molecule has 0 aliphatic heterocycles. The van der Waals surface area contributed by atoms with Crippen molar-refractivity contribution in [1.29, 1.82) is 0 Å². The van der Waals surface area contributed by atoms with E-state index in [1.54, 1.807) is 12.1 Å². The number of furan rings is 1. The number of hydrogen-bond acceptors (Lipinski definition) is 2. The molecule has 10 heavy (non-hydrogen) atoms.